The quantitative estimate of drug-likeness (QED) is 0.844. The lowest BCUT2D eigenvalue weighted by Gasteiger charge is -2.12. The highest BCUT2D eigenvalue weighted by Gasteiger charge is 2.08. The molecule has 0 spiro atoms. The van der Waals surface area contributed by atoms with E-state index in [0.717, 1.165) is 5.75 Å². The second-order valence-electron chi connectivity index (χ2n) is 3.99. The second kappa shape index (κ2) is 5.14. The summed E-state index contributed by atoms with van der Waals surface area (Å²) < 4.78 is 10.8. The molecule has 0 bridgehead atoms. The fraction of sp³-hybridized carbons (Fsp3) is 0.333. The lowest BCUT2D eigenvalue weighted by Crippen LogP contribution is -1.99. The number of rotatable bonds is 4. The van der Waals surface area contributed by atoms with Gasteiger partial charge in [0.1, 0.15) is 5.75 Å². The van der Waals surface area contributed by atoms with Crippen molar-refractivity contribution in [3.63, 3.8) is 0 Å². The monoisotopic (exact) mass is 250 g/mol. The molecular formula is C12H14N2O2S. The first-order valence-corrected chi connectivity index (χ1v) is 5.83. The van der Waals surface area contributed by atoms with E-state index in [4.69, 9.17) is 21.4 Å². The Bertz CT molecular complexity index is 545. The molecule has 1 N–H and O–H groups in total. The van der Waals surface area contributed by atoms with E-state index in [9.17, 15) is 0 Å². The molecule has 2 aromatic rings. The van der Waals surface area contributed by atoms with Crippen molar-refractivity contribution in [3.05, 3.63) is 40.6 Å². The number of hydrogen-bond donors (Lipinski definition) is 1. The van der Waals surface area contributed by atoms with E-state index >= 15 is 0 Å². The van der Waals surface area contributed by atoms with Crippen LogP contribution in [0.4, 0.5) is 0 Å². The Morgan fingerprint density at radius 3 is 2.82 bits per heavy atom. The number of aromatic nitrogens is 2. The molecule has 0 saturated heterocycles. The molecule has 2 rings (SSSR count). The molecule has 1 aromatic heterocycles. The molecule has 0 atom stereocenters. The van der Waals surface area contributed by atoms with E-state index < -0.39 is 0 Å². The Labute approximate surface area is 105 Å². The third kappa shape index (κ3) is 2.94. The first kappa shape index (κ1) is 11.9. The highest BCUT2D eigenvalue weighted by molar-refractivity contribution is 7.71. The summed E-state index contributed by atoms with van der Waals surface area (Å²) in [6.45, 7) is 4.53. The fourth-order valence-electron chi connectivity index (χ4n) is 1.55. The van der Waals surface area contributed by atoms with Gasteiger partial charge in [0.25, 0.3) is 10.7 Å². The van der Waals surface area contributed by atoms with Gasteiger partial charge in [-0.2, -0.15) is 0 Å². The van der Waals surface area contributed by atoms with E-state index in [2.05, 4.69) is 30.1 Å². The van der Waals surface area contributed by atoms with Crippen molar-refractivity contribution in [2.45, 2.75) is 26.4 Å². The summed E-state index contributed by atoms with van der Waals surface area (Å²) in [6.07, 6.45) is 0. The molecule has 90 valence electrons. The van der Waals surface area contributed by atoms with Crippen LogP contribution in [-0.2, 0) is 6.61 Å². The zero-order valence-electron chi connectivity index (χ0n) is 9.77. The number of benzene rings is 1. The first-order chi connectivity index (χ1) is 8.16. The minimum atomic E-state index is 0.265. The zero-order valence-corrected chi connectivity index (χ0v) is 10.6. The number of para-hydroxylation sites is 1. The largest absolute Gasteiger partial charge is 0.484 e. The van der Waals surface area contributed by atoms with Crippen molar-refractivity contribution < 1.29 is 9.15 Å². The lowest BCUT2D eigenvalue weighted by molar-refractivity contribution is 0.258. The predicted molar refractivity (Wildman–Crippen MR) is 66.6 cm³/mol. The Kier molecular flexibility index (Phi) is 3.58. The van der Waals surface area contributed by atoms with Crippen molar-refractivity contribution in [3.8, 4) is 5.75 Å². The molecule has 1 aromatic carbocycles. The molecule has 17 heavy (non-hydrogen) atoms. The van der Waals surface area contributed by atoms with Crippen LogP contribution in [0.3, 0.4) is 0 Å². The zero-order chi connectivity index (χ0) is 12.3. The summed E-state index contributed by atoms with van der Waals surface area (Å²) in [5.41, 5.74) is 1.17. The summed E-state index contributed by atoms with van der Waals surface area (Å²) in [4.78, 5) is 0.265. The van der Waals surface area contributed by atoms with Gasteiger partial charge in [-0.25, -0.2) is 5.10 Å². The lowest BCUT2D eigenvalue weighted by atomic mass is 10.0. The molecule has 0 aliphatic carbocycles. The van der Waals surface area contributed by atoms with E-state index in [1.807, 2.05) is 18.2 Å². The molecule has 0 aliphatic rings. The Balaban J connectivity index is 2.11. The van der Waals surface area contributed by atoms with Crippen molar-refractivity contribution in [1.82, 2.24) is 10.2 Å². The normalized spacial score (nSPS) is 10.8. The molecule has 0 fully saturated rings. The van der Waals surface area contributed by atoms with Crippen LogP contribution in [0.25, 0.3) is 0 Å². The van der Waals surface area contributed by atoms with Gasteiger partial charge >= 0.3 is 0 Å². The third-order valence-electron chi connectivity index (χ3n) is 2.37. The smallest absolute Gasteiger partial charge is 0.284 e. The summed E-state index contributed by atoms with van der Waals surface area (Å²) in [6, 6.07) is 7.95. The van der Waals surface area contributed by atoms with E-state index in [1.165, 1.54) is 5.56 Å². The van der Waals surface area contributed by atoms with Crippen LogP contribution in [0, 0.1) is 4.84 Å². The van der Waals surface area contributed by atoms with Gasteiger partial charge < -0.3 is 9.15 Å². The maximum absolute atomic E-state index is 5.68. The van der Waals surface area contributed by atoms with Gasteiger partial charge in [0.15, 0.2) is 6.61 Å². The minimum absolute atomic E-state index is 0.265. The average molecular weight is 250 g/mol. The fourth-order valence-corrected chi connectivity index (χ4v) is 1.69. The van der Waals surface area contributed by atoms with Gasteiger partial charge in [0, 0.05) is 0 Å². The predicted octanol–water partition coefficient (Wildman–Crippen LogP) is 3.43. The van der Waals surface area contributed by atoms with Gasteiger partial charge in [-0.05, 0) is 29.8 Å². The molecular weight excluding hydrogens is 236 g/mol. The van der Waals surface area contributed by atoms with Crippen LogP contribution in [0.15, 0.2) is 28.7 Å². The van der Waals surface area contributed by atoms with Gasteiger partial charge in [-0.15, -0.1) is 5.10 Å². The molecule has 0 saturated carbocycles. The van der Waals surface area contributed by atoms with E-state index in [1.54, 1.807) is 0 Å². The number of aromatic amines is 1. The van der Waals surface area contributed by atoms with Gasteiger partial charge in [-0.1, -0.05) is 32.0 Å². The van der Waals surface area contributed by atoms with E-state index in [-0.39, 0.29) is 11.4 Å². The highest BCUT2D eigenvalue weighted by atomic mass is 32.1. The second-order valence-corrected chi connectivity index (χ2v) is 4.36. The maximum Gasteiger partial charge on any atom is 0.284 e. The number of H-pyrrole nitrogens is 1. The van der Waals surface area contributed by atoms with Crippen LogP contribution in [0.5, 0.6) is 5.75 Å². The van der Waals surface area contributed by atoms with E-state index in [0.29, 0.717) is 11.8 Å². The Morgan fingerprint density at radius 1 is 1.41 bits per heavy atom. The van der Waals surface area contributed by atoms with Crippen LogP contribution in [-0.4, -0.2) is 10.2 Å². The van der Waals surface area contributed by atoms with Crippen molar-refractivity contribution in [1.29, 1.82) is 0 Å². The van der Waals surface area contributed by atoms with Crippen molar-refractivity contribution in [2.75, 3.05) is 0 Å². The van der Waals surface area contributed by atoms with Gasteiger partial charge in [0.05, 0.1) is 0 Å². The van der Waals surface area contributed by atoms with Crippen LogP contribution in [0.1, 0.15) is 31.2 Å². The van der Waals surface area contributed by atoms with Gasteiger partial charge in [-0.3, -0.25) is 0 Å². The average Bonchev–Trinajstić information content (AvgIpc) is 2.73. The standard InChI is InChI=1S/C12H14N2O2S/c1-8(2)9-5-3-4-6-10(9)15-7-11-13-14-12(17)16-11/h3-6,8H,7H2,1-2H3,(H,14,17). The molecule has 0 radical (unpaired) electrons. The molecule has 0 amide bonds. The van der Waals surface area contributed by atoms with Crippen LogP contribution < -0.4 is 4.74 Å². The highest BCUT2D eigenvalue weighted by Crippen LogP contribution is 2.26. The summed E-state index contributed by atoms with van der Waals surface area (Å²) in [7, 11) is 0. The topological polar surface area (TPSA) is 51.0 Å². The van der Waals surface area contributed by atoms with Gasteiger partial charge in [0.2, 0.25) is 0 Å². The number of ether oxygens (including phenoxy) is 1. The van der Waals surface area contributed by atoms with Crippen molar-refractivity contribution in [2.24, 2.45) is 0 Å². The number of nitrogens with zero attached hydrogens (tertiary/aromatic N) is 1. The third-order valence-corrected chi connectivity index (χ3v) is 2.55. The molecule has 0 aliphatic heterocycles. The Hall–Kier alpha value is -1.62. The minimum Gasteiger partial charge on any atom is -0.484 e. The summed E-state index contributed by atoms with van der Waals surface area (Å²) >= 11 is 4.79. The number of nitrogens with one attached hydrogen (secondary N) is 1. The summed E-state index contributed by atoms with van der Waals surface area (Å²) in [5.74, 6) is 1.72. The first-order valence-electron chi connectivity index (χ1n) is 5.43. The molecule has 4 nitrogen and oxygen atoms in total. The number of hydrogen-bond acceptors (Lipinski definition) is 4. The SMILES string of the molecule is CC(C)c1ccccc1OCc1n[nH]c(=S)o1. The Morgan fingerprint density at radius 2 is 2.18 bits per heavy atom. The molecule has 5 heteroatoms. The summed E-state index contributed by atoms with van der Waals surface area (Å²) in [5, 5.41) is 6.44. The molecule has 0 unspecified atom stereocenters. The van der Waals surface area contributed by atoms with Crippen LogP contribution >= 0.6 is 12.2 Å². The molecule has 1 heterocycles. The van der Waals surface area contributed by atoms with Crippen molar-refractivity contribution >= 4 is 12.2 Å². The maximum atomic E-state index is 5.68. The van der Waals surface area contributed by atoms with Crippen LogP contribution in [0.2, 0.25) is 0 Å².